The van der Waals surface area contributed by atoms with Gasteiger partial charge in [0.1, 0.15) is 17.8 Å². The van der Waals surface area contributed by atoms with Gasteiger partial charge < -0.3 is 20.3 Å². The van der Waals surface area contributed by atoms with Gasteiger partial charge in [0.05, 0.1) is 13.0 Å². The number of amides is 3. The molecule has 27 heavy (non-hydrogen) atoms. The zero-order valence-corrected chi connectivity index (χ0v) is 16.6. The van der Waals surface area contributed by atoms with Crippen molar-refractivity contribution < 1.29 is 19.1 Å². The number of carbonyl (C=O) groups is 3. The van der Waals surface area contributed by atoms with Crippen LogP contribution in [0.4, 0.5) is 4.79 Å². The average molecular weight is 375 g/mol. The molecule has 7 heteroatoms. The lowest BCUT2D eigenvalue weighted by Gasteiger charge is -2.45. The lowest BCUT2D eigenvalue weighted by Crippen LogP contribution is -2.70. The van der Waals surface area contributed by atoms with Crippen LogP contribution in [0.25, 0.3) is 0 Å². The van der Waals surface area contributed by atoms with Crippen LogP contribution < -0.4 is 10.6 Å². The number of hydrogen-bond donors (Lipinski definition) is 2. The number of benzene rings is 1. The van der Waals surface area contributed by atoms with E-state index in [4.69, 9.17) is 4.74 Å². The summed E-state index contributed by atoms with van der Waals surface area (Å²) >= 11 is 0. The Hall–Kier alpha value is -2.57. The molecule has 0 aromatic heterocycles. The quantitative estimate of drug-likeness (QED) is 0.745. The first-order valence-corrected chi connectivity index (χ1v) is 9.20. The minimum absolute atomic E-state index is 0.00226. The van der Waals surface area contributed by atoms with Gasteiger partial charge in [-0.3, -0.25) is 9.59 Å². The van der Waals surface area contributed by atoms with Gasteiger partial charge in [0.15, 0.2) is 0 Å². The van der Waals surface area contributed by atoms with Gasteiger partial charge in [-0.25, -0.2) is 4.79 Å². The fraction of sp³-hybridized carbons (Fsp3) is 0.550. The van der Waals surface area contributed by atoms with E-state index in [2.05, 4.69) is 10.6 Å². The topological polar surface area (TPSA) is 87.7 Å². The minimum atomic E-state index is -0.613. The van der Waals surface area contributed by atoms with E-state index in [0.717, 1.165) is 5.56 Å². The van der Waals surface area contributed by atoms with E-state index >= 15 is 0 Å². The Morgan fingerprint density at radius 1 is 1.22 bits per heavy atom. The molecule has 3 amide bonds. The molecule has 1 heterocycles. The van der Waals surface area contributed by atoms with Crippen molar-refractivity contribution >= 4 is 17.9 Å². The predicted octanol–water partition coefficient (Wildman–Crippen LogP) is 2.06. The zero-order valence-electron chi connectivity index (χ0n) is 16.6. The number of carbonyl (C=O) groups excluding carboxylic acids is 3. The highest BCUT2D eigenvalue weighted by Gasteiger charge is 2.43. The van der Waals surface area contributed by atoms with E-state index in [1.54, 1.807) is 25.7 Å². The number of ether oxygens (including phenoxy) is 1. The van der Waals surface area contributed by atoms with Crippen molar-refractivity contribution in [2.24, 2.45) is 5.92 Å². The van der Waals surface area contributed by atoms with Crippen LogP contribution in [0.15, 0.2) is 30.3 Å². The fourth-order valence-electron chi connectivity index (χ4n) is 2.87. The molecule has 1 fully saturated rings. The van der Waals surface area contributed by atoms with Gasteiger partial charge in [-0.2, -0.15) is 0 Å². The molecule has 7 nitrogen and oxygen atoms in total. The van der Waals surface area contributed by atoms with Crippen molar-refractivity contribution in [1.82, 2.24) is 15.5 Å². The maximum atomic E-state index is 12.5. The Kier molecular flexibility index (Phi) is 6.46. The largest absolute Gasteiger partial charge is 0.444 e. The molecule has 2 rings (SSSR count). The van der Waals surface area contributed by atoms with Crippen LogP contribution in [0.3, 0.4) is 0 Å². The zero-order chi connectivity index (χ0) is 20.2. The van der Waals surface area contributed by atoms with Gasteiger partial charge in [-0.05, 0) is 32.3 Å². The second-order valence-corrected chi connectivity index (χ2v) is 8.11. The maximum absolute atomic E-state index is 12.5. The molecule has 1 saturated heterocycles. The molecule has 2 atom stereocenters. The fourth-order valence-corrected chi connectivity index (χ4v) is 2.87. The summed E-state index contributed by atoms with van der Waals surface area (Å²) in [4.78, 5) is 38.2. The molecule has 2 unspecified atom stereocenters. The highest BCUT2D eigenvalue weighted by atomic mass is 16.6. The summed E-state index contributed by atoms with van der Waals surface area (Å²) in [6.07, 6.45) is -0.811. The summed E-state index contributed by atoms with van der Waals surface area (Å²) in [6, 6.07) is 8.81. The summed E-state index contributed by atoms with van der Waals surface area (Å²) in [5.41, 5.74) is 0.281. The number of alkyl carbamates (subject to hydrolysis) is 1. The van der Waals surface area contributed by atoms with E-state index in [1.165, 1.54) is 0 Å². The van der Waals surface area contributed by atoms with Gasteiger partial charge >= 0.3 is 6.09 Å². The van der Waals surface area contributed by atoms with Crippen LogP contribution in [-0.2, 0) is 20.7 Å². The van der Waals surface area contributed by atoms with Gasteiger partial charge in [-0.1, -0.05) is 44.2 Å². The highest BCUT2D eigenvalue weighted by Crippen LogP contribution is 2.19. The molecular weight excluding hydrogens is 346 g/mol. The molecular formula is C20H29N3O4. The Balaban J connectivity index is 1.88. The van der Waals surface area contributed by atoms with Crippen molar-refractivity contribution in [2.75, 3.05) is 6.54 Å². The molecule has 0 aliphatic carbocycles. The van der Waals surface area contributed by atoms with Crippen molar-refractivity contribution in [3.8, 4) is 0 Å². The first-order valence-electron chi connectivity index (χ1n) is 9.20. The third-order valence-corrected chi connectivity index (χ3v) is 4.14. The molecule has 2 N–H and O–H groups in total. The molecule has 1 aromatic rings. The summed E-state index contributed by atoms with van der Waals surface area (Å²) in [7, 11) is 0. The first kappa shape index (κ1) is 20.7. The number of likely N-dealkylation sites (tertiary alicyclic amines) is 1. The second kappa shape index (κ2) is 8.41. The Morgan fingerprint density at radius 3 is 2.37 bits per heavy atom. The molecule has 0 spiro atoms. The van der Waals surface area contributed by atoms with Crippen LogP contribution in [0.5, 0.6) is 0 Å². The monoisotopic (exact) mass is 375 g/mol. The molecule has 1 aliphatic rings. The van der Waals surface area contributed by atoms with E-state index < -0.39 is 23.9 Å². The molecule has 148 valence electrons. The van der Waals surface area contributed by atoms with Gasteiger partial charge in [-0.15, -0.1) is 0 Å². The summed E-state index contributed by atoms with van der Waals surface area (Å²) in [5.74, 6) is -0.394. The van der Waals surface area contributed by atoms with E-state index in [9.17, 15) is 14.4 Å². The average Bonchev–Trinajstić information content (AvgIpc) is 2.55. The smallest absolute Gasteiger partial charge is 0.409 e. The van der Waals surface area contributed by atoms with Crippen molar-refractivity contribution in [1.29, 1.82) is 0 Å². The minimum Gasteiger partial charge on any atom is -0.444 e. The summed E-state index contributed by atoms with van der Waals surface area (Å²) in [5, 5.41) is 5.51. The molecule has 0 bridgehead atoms. The Labute approximate surface area is 160 Å². The number of β-lactam (4-membered cyclic amide) rings is 1. The first-order chi connectivity index (χ1) is 12.6. The Bertz CT molecular complexity index is 682. The van der Waals surface area contributed by atoms with Gasteiger partial charge in [0.25, 0.3) is 0 Å². The normalized spacial score (nSPS) is 17.9. The predicted molar refractivity (Wildman–Crippen MR) is 102 cm³/mol. The number of rotatable bonds is 6. The molecule has 0 saturated carbocycles. The number of hydrogen-bond acceptors (Lipinski definition) is 4. The van der Waals surface area contributed by atoms with Crippen molar-refractivity contribution in [3.05, 3.63) is 35.9 Å². The van der Waals surface area contributed by atoms with Gasteiger partial charge in [0, 0.05) is 0 Å². The number of nitrogens with one attached hydrogen (secondary N) is 2. The maximum Gasteiger partial charge on any atom is 0.409 e. The van der Waals surface area contributed by atoms with Crippen LogP contribution in [0.2, 0.25) is 0 Å². The van der Waals surface area contributed by atoms with E-state index in [1.807, 2.05) is 44.2 Å². The SMILES string of the molecule is CC(C)C(NC(=O)OC(C)(C)C)N1CC(NC(=O)Cc2ccccc2)C1=O. The third kappa shape index (κ3) is 5.98. The lowest BCUT2D eigenvalue weighted by molar-refractivity contribution is -0.152. The van der Waals surface area contributed by atoms with Gasteiger partial charge in [0.2, 0.25) is 11.8 Å². The summed E-state index contributed by atoms with van der Waals surface area (Å²) in [6.45, 7) is 9.53. The van der Waals surface area contributed by atoms with E-state index in [-0.39, 0.29) is 24.2 Å². The lowest BCUT2D eigenvalue weighted by atomic mass is 10.0. The van der Waals surface area contributed by atoms with Crippen LogP contribution in [-0.4, -0.2) is 47.2 Å². The Morgan fingerprint density at radius 2 is 1.85 bits per heavy atom. The van der Waals surface area contributed by atoms with Crippen LogP contribution in [0.1, 0.15) is 40.2 Å². The van der Waals surface area contributed by atoms with Crippen LogP contribution >= 0.6 is 0 Å². The number of nitrogens with zero attached hydrogens (tertiary/aromatic N) is 1. The third-order valence-electron chi connectivity index (χ3n) is 4.14. The van der Waals surface area contributed by atoms with Crippen LogP contribution in [0, 0.1) is 5.92 Å². The van der Waals surface area contributed by atoms with E-state index in [0.29, 0.717) is 6.54 Å². The molecule has 0 radical (unpaired) electrons. The highest BCUT2D eigenvalue weighted by molar-refractivity contribution is 5.93. The molecule has 1 aromatic carbocycles. The van der Waals surface area contributed by atoms with Crippen molar-refractivity contribution in [3.63, 3.8) is 0 Å². The second-order valence-electron chi connectivity index (χ2n) is 8.11. The standard InChI is InChI=1S/C20H29N3O4/c1-13(2)17(22-19(26)27-20(3,4)5)23-12-15(18(23)25)21-16(24)11-14-9-7-6-8-10-14/h6-10,13,15,17H,11-12H2,1-5H3,(H,21,24)(H,22,26). The summed E-state index contributed by atoms with van der Waals surface area (Å²) < 4.78 is 5.27. The molecule has 1 aliphatic heterocycles. The van der Waals surface area contributed by atoms with Crippen molar-refractivity contribution in [2.45, 2.75) is 58.8 Å².